The number of hydrogen-bond donors (Lipinski definition) is 0. The van der Waals surface area contributed by atoms with Crippen molar-refractivity contribution in [3.63, 3.8) is 0 Å². The van der Waals surface area contributed by atoms with Crippen molar-refractivity contribution in [2.75, 3.05) is 4.43 Å². The summed E-state index contributed by atoms with van der Waals surface area (Å²) in [6.45, 7) is 6.24. The highest BCUT2D eigenvalue weighted by Crippen LogP contribution is 2.42. The summed E-state index contributed by atoms with van der Waals surface area (Å²) in [6, 6.07) is 3.32. The molecule has 0 saturated heterocycles. The number of aryl methyl sites for hydroxylation is 2. The third-order valence-electron chi connectivity index (χ3n) is 3.35. The van der Waals surface area contributed by atoms with E-state index in [9.17, 15) is 14.9 Å². The average Bonchev–Trinajstić information content (AvgIpc) is 2.33. The molecule has 0 amide bonds. The van der Waals surface area contributed by atoms with E-state index in [0.717, 1.165) is 0 Å². The minimum Gasteiger partial charge on any atom is -0.453 e. The van der Waals surface area contributed by atoms with Crippen LogP contribution in [0.2, 0.25) is 0 Å². The van der Waals surface area contributed by atoms with Gasteiger partial charge in [0.2, 0.25) is 0 Å². The number of benzene rings is 1. The Balaban J connectivity index is 3.54. The summed E-state index contributed by atoms with van der Waals surface area (Å²) in [5.41, 5.74) is 0.651. The van der Waals surface area contributed by atoms with Crippen LogP contribution < -0.4 is 0 Å². The smallest absolute Gasteiger partial charge is 0.303 e. The van der Waals surface area contributed by atoms with Crippen LogP contribution in [0.25, 0.3) is 0 Å². The topological polar surface area (TPSA) is 69.4 Å². The summed E-state index contributed by atoms with van der Waals surface area (Å²) in [5.74, 6) is -0.465. The quantitative estimate of drug-likeness (QED) is 0.192. The Morgan fingerprint density at radius 3 is 2.13 bits per heavy atom. The van der Waals surface area contributed by atoms with E-state index >= 15 is 0 Å². The zero-order chi connectivity index (χ0) is 18.0. The first-order valence-electron chi connectivity index (χ1n) is 6.81. The van der Waals surface area contributed by atoms with Gasteiger partial charge in [-0.15, -0.1) is 23.2 Å². The molecule has 5 nitrogen and oxygen atoms in total. The molecule has 0 saturated carbocycles. The first kappa shape index (κ1) is 20.4. The minimum atomic E-state index is -1.12. The summed E-state index contributed by atoms with van der Waals surface area (Å²) in [4.78, 5) is 22.3. The number of carbonyl (C=O) groups is 1. The molecule has 0 aliphatic heterocycles. The number of nitrogens with zero attached hydrogens (tertiary/aromatic N) is 1. The summed E-state index contributed by atoms with van der Waals surface area (Å²) < 4.78 is 4.87. The number of halogens is 3. The molecule has 0 N–H and O–H groups in total. The van der Waals surface area contributed by atoms with Crippen LogP contribution in [0.4, 0.5) is 5.69 Å². The van der Waals surface area contributed by atoms with Gasteiger partial charge in [0.05, 0.1) is 4.92 Å². The number of ether oxygens (including phenoxy) is 1. The Bertz CT molecular complexity index is 607. The maximum atomic E-state index is 11.6. The van der Waals surface area contributed by atoms with Gasteiger partial charge in [0.1, 0.15) is 9.93 Å². The van der Waals surface area contributed by atoms with Crippen molar-refractivity contribution in [1.82, 2.24) is 0 Å². The number of nitro groups is 1. The average molecular weight is 474 g/mol. The molecule has 1 aromatic rings. The molecule has 0 heterocycles. The normalized spacial score (nSPS) is 14.2. The van der Waals surface area contributed by atoms with Crippen LogP contribution >= 0.6 is 45.8 Å². The molecule has 0 aliphatic carbocycles. The van der Waals surface area contributed by atoms with Gasteiger partial charge in [0, 0.05) is 28.9 Å². The van der Waals surface area contributed by atoms with Crippen LogP contribution in [-0.4, -0.2) is 19.7 Å². The van der Waals surface area contributed by atoms with E-state index < -0.39 is 20.8 Å². The van der Waals surface area contributed by atoms with Crippen molar-refractivity contribution in [1.29, 1.82) is 0 Å². The number of hydrogen-bond acceptors (Lipinski definition) is 4. The lowest BCUT2D eigenvalue weighted by Crippen LogP contribution is -2.38. The molecule has 0 radical (unpaired) electrons. The van der Waals surface area contributed by atoms with Crippen LogP contribution in [0.3, 0.4) is 0 Å². The van der Waals surface area contributed by atoms with Gasteiger partial charge in [-0.05, 0) is 38.5 Å². The Hall–Kier alpha value is -0.600. The number of nitro benzene ring substituents is 1. The fourth-order valence-electron chi connectivity index (χ4n) is 2.63. The molecular weight excluding hydrogens is 456 g/mol. The molecule has 1 unspecified atom stereocenters. The van der Waals surface area contributed by atoms with Crippen LogP contribution in [0.1, 0.15) is 37.0 Å². The van der Waals surface area contributed by atoms with Crippen molar-refractivity contribution < 1.29 is 14.5 Å². The molecule has 8 heteroatoms. The van der Waals surface area contributed by atoms with Gasteiger partial charge in [0.15, 0.2) is 0 Å². The molecule has 0 aromatic heterocycles. The maximum Gasteiger partial charge on any atom is 0.303 e. The number of alkyl halides is 3. The second kappa shape index (κ2) is 7.53. The molecule has 1 rings (SSSR count). The van der Waals surface area contributed by atoms with E-state index in [-0.39, 0.29) is 12.1 Å². The Morgan fingerprint density at radius 2 is 1.83 bits per heavy atom. The first-order valence-corrected chi connectivity index (χ1v) is 9.09. The van der Waals surface area contributed by atoms with Crippen molar-refractivity contribution in [3.8, 4) is 0 Å². The van der Waals surface area contributed by atoms with Crippen LogP contribution in [0.15, 0.2) is 12.1 Å². The monoisotopic (exact) mass is 473 g/mol. The fourth-order valence-corrected chi connectivity index (χ4v) is 3.93. The highest BCUT2D eigenvalue weighted by Gasteiger charge is 2.41. The largest absolute Gasteiger partial charge is 0.453 e. The second-order valence-corrected chi connectivity index (χ2v) is 8.31. The highest BCUT2D eigenvalue weighted by molar-refractivity contribution is 14.1. The molecule has 128 valence electrons. The van der Waals surface area contributed by atoms with Crippen LogP contribution in [0, 0.1) is 24.0 Å². The van der Waals surface area contributed by atoms with Crippen molar-refractivity contribution in [3.05, 3.63) is 38.9 Å². The van der Waals surface area contributed by atoms with E-state index in [1.54, 1.807) is 32.9 Å². The summed E-state index contributed by atoms with van der Waals surface area (Å²) in [7, 11) is 0. The van der Waals surface area contributed by atoms with E-state index in [4.69, 9.17) is 27.9 Å². The Morgan fingerprint density at radius 1 is 1.35 bits per heavy atom. The third-order valence-corrected chi connectivity index (χ3v) is 4.85. The van der Waals surface area contributed by atoms with Crippen molar-refractivity contribution >= 4 is 57.4 Å². The molecule has 0 fully saturated rings. The molecule has 1 atom stereocenters. The highest BCUT2D eigenvalue weighted by atomic mass is 127. The van der Waals surface area contributed by atoms with Gasteiger partial charge >= 0.3 is 5.97 Å². The Kier molecular flexibility index (Phi) is 6.69. The summed E-state index contributed by atoms with van der Waals surface area (Å²) in [5, 5.41) is 11.2. The lowest BCUT2D eigenvalue weighted by Gasteiger charge is -2.35. The molecule has 1 aromatic carbocycles. The lowest BCUT2D eigenvalue weighted by atomic mass is 9.87. The van der Waals surface area contributed by atoms with E-state index in [2.05, 4.69) is 22.6 Å². The first-order chi connectivity index (χ1) is 10.4. The van der Waals surface area contributed by atoms with E-state index in [1.165, 1.54) is 6.92 Å². The van der Waals surface area contributed by atoms with Gasteiger partial charge in [-0.25, -0.2) is 0 Å². The summed E-state index contributed by atoms with van der Waals surface area (Å²) >= 11 is 14.4. The van der Waals surface area contributed by atoms with Gasteiger partial charge < -0.3 is 4.74 Å². The van der Waals surface area contributed by atoms with Gasteiger partial charge in [-0.1, -0.05) is 22.6 Å². The third kappa shape index (κ3) is 5.19. The number of esters is 1. The van der Waals surface area contributed by atoms with E-state index in [1.807, 2.05) is 0 Å². The number of carbonyl (C=O) groups excluding carboxylic acids is 1. The maximum absolute atomic E-state index is 11.6. The van der Waals surface area contributed by atoms with Crippen LogP contribution in [-0.2, 0) is 15.1 Å². The van der Waals surface area contributed by atoms with E-state index in [0.29, 0.717) is 21.1 Å². The predicted molar refractivity (Wildman–Crippen MR) is 99.6 cm³/mol. The van der Waals surface area contributed by atoms with Crippen molar-refractivity contribution in [2.24, 2.45) is 0 Å². The zero-order valence-corrected chi connectivity index (χ0v) is 17.0. The zero-order valence-electron chi connectivity index (χ0n) is 13.3. The van der Waals surface area contributed by atoms with Gasteiger partial charge in [-0.3, -0.25) is 14.9 Å². The predicted octanol–water partition coefficient (Wildman–Crippen LogP) is 4.99. The van der Waals surface area contributed by atoms with Crippen molar-refractivity contribution in [2.45, 2.75) is 44.1 Å². The molecule has 0 bridgehead atoms. The standard InChI is InChI=1S/C15H18Cl2INO4/c1-9-5-12(6-10(2)13(9)19(21)22)15(8-18,23-11(3)20)7-14(4,16)17/h5-6H,7-8H2,1-4H3. The Labute approximate surface area is 159 Å². The van der Waals surface area contributed by atoms with Crippen LogP contribution in [0.5, 0.6) is 0 Å². The molecule has 0 spiro atoms. The number of rotatable bonds is 6. The summed E-state index contributed by atoms with van der Waals surface area (Å²) in [6.07, 6.45) is 0.169. The van der Waals surface area contributed by atoms with Gasteiger partial charge in [0.25, 0.3) is 5.69 Å². The minimum absolute atomic E-state index is 0.0541. The molecule has 23 heavy (non-hydrogen) atoms. The van der Waals surface area contributed by atoms with Gasteiger partial charge in [-0.2, -0.15) is 0 Å². The lowest BCUT2D eigenvalue weighted by molar-refractivity contribution is -0.386. The second-order valence-electron chi connectivity index (χ2n) is 5.68. The fraction of sp³-hybridized carbons (Fsp3) is 0.533. The SMILES string of the molecule is CC(=O)OC(CI)(CC(C)(Cl)Cl)c1cc(C)c([N+](=O)[O-])c(C)c1. The molecule has 0 aliphatic rings. The molecular formula is C15H18Cl2INO4.